The zero-order valence-corrected chi connectivity index (χ0v) is 20.4. The van der Waals surface area contributed by atoms with Crippen LogP contribution in [0, 0.1) is 11.8 Å². The first-order valence-corrected chi connectivity index (χ1v) is 12.4. The molecule has 0 saturated carbocycles. The molecule has 2 rings (SSSR count). The molecule has 0 aliphatic carbocycles. The summed E-state index contributed by atoms with van der Waals surface area (Å²) in [6.45, 7) is 9.91. The van der Waals surface area contributed by atoms with Crippen LogP contribution in [-0.4, -0.2) is 43.1 Å². The molecule has 0 saturated heterocycles. The Labute approximate surface area is 190 Å². The van der Waals surface area contributed by atoms with Crippen LogP contribution in [-0.2, 0) is 31.0 Å². The second kappa shape index (κ2) is 10.8. The van der Waals surface area contributed by atoms with Gasteiger partial charge in [0.15, 0.2) is 0 Å². The van der Waals surface area contributed by atoms with Crippen LogP contribution in [0.15, 0.2) is 36.0 Å². The number of benzene rings is 1. The Morgan fingerprint density at radius 2 is 1.87 bits per heavy atom. The van der Waals surface area contributed by atoms with E-state index in [-0.39, 0.29) is 18.2 Å². The number of rotatable bonds is 9. The fourth-order valence-electron chi connectivity index (χ4n) is 3.03. The number of sulfonamides is 1. The third kappa shape index (κ3) is 8.44. The summed E-state index contributed by atoms with van der Waals surface area (Å²) in [5.74, 6) is -1.60. The predicted octanol–water partition coefficient (Wildman–Crippen LogP) is 3.89. The summed E-state index contributed by atoms with van der Waals surface area (Å²) in [4.78, 5) is 18.0. The highest BCUT2D eigenvalue weighted by Gasteiger charge is 2.35. The number of hydroxylamine groups is 1. The van der Waals surface area contributed by atoms with Gasteiger partial charge < -0.3 is 4.74 Å². The molecule has 1 atom stereocenters. The van der Waals surface area contributed by atoms with Crippen molar-refractivity contribution in [2.24, 2.45) is 11.8 Å². The summed E-state index contributed by atoms with van der Waals surface area (Å²) < 4.78 is 32.7. The first-order chi connectivity index (χ1) is 14.4. The Balaban J connectivity index is 1.90. The van der Waals surface area contributed by atoms with E-state index in [1.54, 1.807) is 39.0 Å². The average Bonchev–Trinajstić information content (AvgIpc) is 2.66. The first kappa shape index (κ1) is 25.6. The zero-order valence-electron chi connectivity index (χ0n) is 18.9. The number of hydrogen-bond donors (Lipinski definition) is 1. The van der Waals surface area contributed by atoms with Gasteiger partial charge in [-0.15, -0.1) is 0 Å². The second-order valence-electron chi connectivity index (χ2n) is 9.02. The standard InChI is InChI=1S/C22H33ClN2O5S/c1-16(2)20(21(26)30-22(3,4)5)15-31(27,28)25-12-10-19(11-13-25)24-29-14-17-6-8-18(23)9-7-17/h6-10,16,20,24H,11-15H2,1-5H3. The molecule has 7 nitrogen and oxygen atoms in total. The molecule has 1 aromatic carbocycles. The van der Waals surface area contributed by atoms with E-state index in [1.807, 2.05) is 26.0 Å². The van der Waals surface area contributed by atoms with Crippen LogP contribution in [0.1, 0.15) is 46.6 Å². The lowest BCUT2D eigenvalue weighted by molar-refractivity contribution is -0.160. The molecule has 1 aliphatic heterocycles. The molecule has 1 aliphatic rings. The Morgan fingerprint density at radius 1 is 1.23 bits per heavy atom. The predicted molar refractivity (Wildman–Crippen MR) is 122 cm³/mol. The lowest BCUT2D eigenvalue weighted by Crippen LogP contribution is -2.42. The van der Waals surface area contributed by atoms with E-state index in [2.05, 4.69) is 5.48 Å². The average molecular weight is 473 g/mol. The van der Waals surface area contributed by atoms with Crippen molar-refractivity contribution in [2.45, 2.75) is 53.2 Å². The van der Waals surface area contributed by atoms with Gasteiger partial charge >= 0.3 is 5.97 Å². The monoisotopic (exact) mass is 472 g/mol. The maximum atomic E-state index is 12.9. The minimum atomic E-state index is -3.61. The van der Waals surface area contributed by atoms with Crippen molar-refractivity contribution in [1.82, 2.24) is 9.79 Å². The van der Waals surface area contributed by atoms with Gasteiger partial charge in [0.05, 0.1) is 18.3 Å². The van der Waals surface area contributed by atoms with Crippen molar-refractivity contribution in [1.29, 1.82) is 0 Å². The molecule has 1 aromatic rings. The normalized spacial score (nSPS) is 16.7. The summed E-state index contributed by atoms with van der Waals surface area (Å²) in [6, 6.07) is 7.35. The summed E-state index contributed by atoms with van der Waals surface area (Å²) in [6.07, 6.45) is 2.29. The summed E-state index contributed by atoms with van der Waals surface area (Å²) in [5.41, 5.74) is 4.03. The van der Waals surface area contributed by atoms with Crippen LogP contribution in [0.5, 0.6) is 0 Å². The van der Waals surface area contributed by atoms with E-state index in [0.29, 0.717) is 24.6 Å². The van der Waals surface area contributed by atoms with E-state index in [1.165, 1.54) is 4.31 Å². The molecule has 0 spiro atoms. The lowest BCUT2D eigenvalue weighted by Gasteiger charge is -2.30. The maximum Gasteiger partial charge on any atom is 0.310 e. The molecule has 0 amide bonds. The molecule has 1 N–H and O–H groups in total. The van der Waals surface area contributed by atoms with Gasteiger partial charge in [0.2, 0.25) is 10.0 Å². The van der Waals surface area contributed by atoms with Crippen molar-refractivity contribution in [2.75, 3.05) is 18.8 Å². The number of ether oxygens (including phenoxy) is 1. The molecular formula is C22H33ClN2O5S. The number of nitrogens with one attached hydrogen (secondary N) is 1. The highest BCUT2D eigenvalue weighted by atomic mass is 35.5. The van der Waals surface area contributed by atoms with Gasteiger partial charge in [-0.1, -0.05) is 37.6 Å². The number of halogens is 1. The van der Waals surface area contributed by atoms with Gasteiger partial charge in [0.1, 0.15) is 5.60 Å². The van der Waals surface area contributed by atoms with Crippen LogP contribution >= 0.6 is 11.6 Å². The van der Waals surface area contributed by atoms with Crippen LogP contribution in [0.4, 0.5) is 0 Å². The number of carbonyl (C=O) groups is 1. The molecule has 1 heterocycles. The SMILES string of the molecule is CC(C)C(CS(=O)(=O)N1CC=C(NOCc2ccc(Cl)cc2)CC1)C(=O)OC(C)(C)C. The van der Waals surface area contributed by atoms with E-state index in [0.717, 1.165) is 11.3 Å². The van der Waals surface area contributed by atoms with Gasteiger partial charge in [0.25, 0.3) is 0 Å². The molecule has 0 fully saturated rings. The fraction of sp³-hybridized carbons (Fsp3) is 0.591. The van der Waals surface area contributed by atoms with E-state index >= 15 is 0 Å². The fourth-order valence-corrected chi connectivity index (χ4v) is 5.01. The van der Waals surface area contributed by atoms with Gasteiger partial charge in [-0.05, 0) is 50.5 Å². The molecule has 31 heavy (non-hydrogen) atoms. The molecule has 9 heteroatoms. The number of carbonyl (C=O) groups excluding carboxylic acids is 1. The first-order valence-electron chi connectivity index (χ1n) is 10.4. The molecule has 0 aromatic heterocycles. The molecule has 0 radical (unpaired) electrons. The van der Waals surface area contributed by atoms with Crippen LogP contribution in [0.2, 0.25) is 5.02 Å². The van der Waals surface area contributed by atoms with Crippen LogP contribution in [0.25, 0.3) is 0 Å². The Morgan fingerprint density at radius 3 is 2.39 bits per heavy atom. The minimum absolute atomic E-state index is 0.150. The maximum absolute atomic E-state index is 12.9. The van der Waals surface area contributed by atoms with E-state index in [9.17, 15) is 13.2 Å². The highest BCUT2D eigenvalue weighted by Crippen LogP contribution is 2.22. The Bertz CT molecular complexity index is 876. The van der Waals surface area contributed by atoms with Crippen LogP contribution < -0.4 is 5.48 Å². The summed E-state index contributed by atoms with van der Waals surface area (Å²) in [5, 5.41) is 0.666. The van der Waals surface area contributed by atoms with Crippen LogP contribution in [0.3, 0.4) is 0 Å². The molecular weight excluding hydrogens is 440 g/mol. The third-order valence-electron chi connectivity index (χ3n) is 4.83. The lowest BCUT2D eigenvalue weighted by atomic mass is 9.98. The largest absolute Gasteiger partial charge is 0.460 e. The smallest absolute Gasteiger partial charge is 0.310 e. The third-order valence-corrected chi connectivity index (χ3v) is 6.98. The Hall–Kier alpha value is -1.61. The summed E-state index contributed by atoms with van der Waals surface area (Å²) >= 11 is 5.87. The summed E-state index contributed by atoms with van der Waals surface area (Å²) in [7, 11) is -3.61. The number of hydrogen-bond acceptors (Lipinski definition) is 6. The van der Waals surface area contributed by atoms with Crippen molar-refractivity contribution >= 4 is 27.6 Å². The van der Waals surface area contributed by atoms with Gasteiger partial charge in [-0.3, -0.25) is 15.1 Å². The topological polar surface area (TPSA) is 84.9 Å². The van der Waals surface area contributed by atoms with Gasteiger partial charge in [-0.25, -0.2) is 8.42 Å². The Kier molecular flexibility index (Phi) is 8.94. The molecule has 1 unspecified atom stereocenters. The second-order valence-corrected chi connectivity index (χ2v) is 11.5. The number of esters is 1. The van der Waals surface area contributed by atoms with Crippen molar-refractivity contribution < 1.29 is 22.8 Å². The van der Waals surface area contributed by atoms with E-state index < -0.39 is 27.5 Å². The van der Waals surface area contributed by atoms with Crippen molar-refractivity contribution in [3.8, 4) is 0 Å². The van der Waals surface area contributed by atoms with Crippen molar-refractivity contribution in [3.63, 3.8) is 0 Å². The zero-order chi connectivity index (χ0) is 23.2. The highest BCUT2D eigenvalue weighted by molar-refractivity contribution is 7.89. The van der Waals surface area contributed by atoms with Gasteiger partial charge in [0, 0.05) is 30.2 Å². The van der Waals surface area contributed by atoms with Crippen molar-refractivity contribution in [3.05, 3.63) is 46.6 Å². The number of nitrogens with zero attached hydrogens (tertiary/aromatic N) is 1. The van der Waals surface area contributed by atoms with Gasteiger partial charge in [-0.2, -0.15) is 4.31 Å². The molecule has 0 bridgehead atoms. The molecule has 174 valence electrons. The minimum Gasteiger partial charge on any atom is -0.460 e. The van der Waals surface area contributed by atoms with E-state index in [4.69, 9.17) is 21.2 Å². The quantitative estimate of drug-likeness (QED) is 0.433.